The molecule has 92 valence electrons. The third kappa shape index (κ3) is 13.9. The number of hydrogen-bond donors (Lipinski definition) is 1. The summed E-state index contributed by atoms with van der Waals surface area (Å²) in [7, 11) is -5.88. The third-order valence-electron chi connectivity index (χ3n) is 0.636. The summed E-state index contributed by atoms with van der Waals surface area (Å²) in [6.45, 7) is -8.49. The molecule has 15 heavy (non-hydrogen) atoms. The van der Waals surface area contributed by atoms with Gasteiger partial charge in [0.05, 0.1) is 9.30 Å². The first kappa shape index (κ1) is 2.35. The molecule has 0 aromatic rings. The normalized spacial score (nSPS) is 42.1. The van der Waals surface area contributed by atoms with E-state index in [9.17, 15) is 8.42 Å². The minimum absolute atomic E-state index is 3.39. The van der Waals surface area contributed by atoms with E-state index >= 15 is 0 Å². The Morgan fingerprint density at radius 3 is 2.20 bits per heavy atom. The first-order valence-electron chi connectivity index (χ1n) is 13.6. The number of rotatable bonds is 10. The molecule has 1 N–H and O–H groups in total. The van der Waals surface area contributed by atoms with Gasteiger partial charge in [0.15, 0.2) is 0 Å². The molecule has 0 aliphatic heterocycles. The van der Waals surface area contributed by atoms with E-state index in [2.05, 4.69) is 4.18 Å². The predicted molar refractivity (Wildman–Crippen MR) is 60.1 cm³/mol. The molecular formula is C10H22O4S. The van der Waals surface area contributed by atoms with E-state index in [4.69, 9.17) is 33.3 Å². The SMILES string of the molecule is [2H]C([2H])([2H])C([2H])([2H])C([2H])([2H])C([2H])([2H])C([2H])([2H])C([2H])([2H])C([2H])([2H])C([2H])([2H])C([2H])([2H])C([2H])([2H])OS(=O)(=O)O. The van der Waals surface area contributed by atoms with Crippen LogP contribution >= 0.6 is 0 Å². The summed E-state index contributed by atoms with van der Waals surface area (Å²) in [5.74, 6) is 0. The molecule has 0 heterocycles. The van der Waals surface area contributed by atoms with Crippen molar-refractivity contribution in [2.45, 2.75) is 57.8 Å². The minimum Gasteiger partial charge on any atom is -0.264 e. The van der Waals surface area contributed by atoms with Crippen LogP contribution in [0.1, 0.15) is 86.6 Å². The number of hydrogen-bond acceptors (Lipinski definition) is 3. The van der Waals surface area contributed by atoms with Gasteiger partial charge in [-0.15, -0.1) is 0 Å². The fourth-order valence-electron chi connectivity index (χ4n) is 0.287. The highest BCUT2D eigenvalue weighted by molar-refractivity contribution is 7.80. The molecule has 0 aromatic heterocycles. The van der Waals surface area contributed by atoms with Gasteiger partial charge < -0.3 is 0 Å². The van der Waals surface area contributed by atoms with Crippen molar-refractivity contribution in [3.05, 3.63) is 0 Å². The Balaban J connectivity index is 7.11. The second-order valence-electron chi connectivity index (χ2n) is 1.61. The molecule has 0 unspecified atom stereocenters. The van der Waals surface area contributed by atoms with Gasteiger partial charge in [0.25, 0.3) is 0 Å². The summed E-state index contributed by atoms with van der Waals surface area (Å²) in [5.41, 5.74) is 0. The van der Waals surface area contributed by atoms with Crippen molar-refractivity contribution in [3.63, 3.8) is 0 Å². The maximum absolute atomic E-state index is 10.8. The van der Waals surface area contributed by atoms with Gasteiger partial charge in [-0.3, -0.25) is 4.55 Å². The van der Waals surface area contributed by atoms with Gasteiger partial charge in [-0.2, -0.15) is 8.42 Å². The molecule has 5 heteroatoms. The van der Waals surface area contributed by atoms with Crippen LogP contribution in [0.5, 0.6) is 0 Å². The maximum Gasteiger partial charge on any atom is 0.397 e. The van der Waals surface area contributed by atoms with Crippen molar-refractivity contribution in [1.29, 1.82) is 0 Å². The van der Waals surface area contributed by atoms with Crippen LogP contribution in [0.2, 0.25) is 0 Å². The van der Waals surface area contributed by atoms with Crippen molar-refractivity contribution < 1.29 is 45.9 Å². The van der Waals surface area contributed by atoms with Crippen LogP contribution in [0, 0.1) is 0 Å². The zero-order valence-corrected chi connectivity index (χ0v) is 7.90. The molecule has 4 nitrogen and oxygen atoms in total. The quantitative estimate of drug-likeness (QED) is 0.613. The Bertz CT molecular complexity index is 931. The van der Waals surface area contributed by atoms with Gasteiger partial charge in [-0.1, -0.05) is 51.5 Å². The topological polar surface area (TPSA) is 63.6 Å². The Kier molecular flexibility index (Phi) is 1.43. The monoisotopic (exact) mass is 259 g/mol. The Morgan fingerprint density at radius 2 is 1.67 bits per heavy atom. The van der Waals surface area contributed by atoms with Gasteiger partial charge >= 0.3 is 10.4 Å². The summed E-state index contributed by atoms with van der Waals surface area (Å²) < 4.78 is 193. The zero-order chi connectivity index (χ0) is 30.2. The minimum atomic E-state index is -5.88. The summed E-state index contributed by atoms with van der Waals surface area (Å²) in [6.07, 6.45) is -37.1. The third-order valence-corrected chi connectivity index (χ3v) is 0.929. The van der Waals surface area contributed by atoms with E-state index in [0.717, 1.165) is 0 Å². The first-order valence-corrected chi connectivity index (χ1v) is 4.50. The van der Waals surface area contributed by atoms with Crippen molar-refractivity contribution in [3.8, 4) is 0 Å². The van der Waals surface area contributed by atoms with E-state index in [1.165, 1.54) is 0 Å². The summed E-state index contributed by atoms with van der Waals surface area (Å²) >= 11 is 0. The van der Waals surface area contributed by atoms with E-state index in [0.29, 0.717) is 0 Å². The van der Waals surface area contributed by atoms with Crippen LogP contribution in [0.15, 0.2) is 0 Å². The maximum atomic E-state index is 10.8. The highest BCUT2D eigenvalue weighted by Crippen LogP contribution is 2.08. The Labute approximate surface area is 122 Å². The van der Waals surface area contributed by atoms with Gasteiger partial charge in [-0.25, -0.2) is 4.18 Å². The second-order valence-corrected chi connectivity index (χ2v) is 2.64. The second kappa shape index (κ2) is 9.12. The molecule has 0 radical (unpaired) electrons. The van der Waals surface area contributed by atoms with Gasteiger partial charge in [-0.05, 0) is 6.37 Å². The first-order chi connectivity index (χ1) is 15.0. The molecule has 0 aliphatic carbocycles. The average Bonchev–Trinajstić information content (AvgIpc) is 2.57. The molecule has 0 amide bonds. The van der Waals surface area contributed by atoms with Crippen molar-refractivity contribution in [1.82, 2.24) is 0 Å². The van der Waals surface area contributed by atoms with Crippen LogP contribution in [0.3, 0.4) is 0 Å². The summed E-state index contributed by atoms with van der Waals surface area (Å²) in [5, 5.41) is 0. The largest absolute Gasteiger partial charge is 0.397 e. The van der Waals surface area contributed by atoms with Crippen LogP contribution < -0.4 is 0 Å². The fourth-order valence-corrected chi connectivity index (χ4v) is 0.433. The average molecular weight is 259 g/mol. The van der Waals surface area contributed by atoms with E-state index < -0.39 is 74.8 Å². The molecule has 0 bridgehead atoms. The molecule has 0 aliphatic rings. The molecule has 0 rings (SSSR count). The lowest BCUT2D eigenvalue weighted by Gasteiger charge is -2.01. The van der Waals surface area contributed by atoms with E-state index in [1.807, 2.05) is 0 Å². The highest BCUT2D eigenvalue weighted by atomic mass is 32.3. The lowest BCUT2D eigenvalue weighted by Crippen LogP contribution is -2.04. The standard InChI is InChI=1S/C10H22O4S/c1-2-3-4-5-6-7-8-9-10-14-15(11,12)13/h2-10H2,1H3,(H,11,12,13)/i1D3,2D2,3D2,4D2,5D2,6D2,7D2,8D2,9D2,10D2. The molecule has 0 saturated carbocycles. The van der Waals surface area contributed by atoms with Crippen molar-refractivity contribution in [2.75, 3.05) is 6.56 Å². The summed E-state index contributed by atoms with van der Waals surface area (Å²) in [6, 6.07) is 0. The van der Waals surface area contributed by atoms with E-state index in [-0.39, 0.29) is 0 Å². The Morgan fingerprint density at radius 1 is 1.13 bits per heavy atom. The van der Waals surface area contributed by atoms with Crippen LogP contribution in [-0.4, -0.2) is 19.5 Å². The molecule has 0 spiro atoms. The smallest absolute Gasteiger partial charge is 0.264 e. The molecule has 0 saturated heterocycles. The lowest BCUT2D eigenvalue weighted by atomic mass is 10.1. The fraction of sp³-hybridized carbons (Fsp3) is 1.00. The van der Waals surface area contributed by atoms with Crippen LogP contribution in [-0.2, 0) is 14.6 Å². The molecule has 0 fully saturated rings. The van der Waals surface area contributed by atoms with Gasteiger partial charge in [0.1, 0.15) is 0 Å². The van der Waals surface area contributed by atoms with Crippen LogP contribution in [0.4, 0.5) is 0 Å². The van der Waals surface area contributed by atoms with Gasteiger partial charge in [0.2, 0.25) is 0 Å². The van der Waals surface area contributed by atoms with Crippen molar-refractivity contribution >= 4 is 10.4 Å². The highest BCUT2D eigenvalue weighted by Gasteiger charge is 2.02. The molecule has 0 aromatic carbocycles. The molecule has 0 atom stereocenters. The molecular weight excluding hydrogens is 216 g/mol. The van der Waals surface area contributed by atoms with E-state index in [1.54, 1.807) is 0 Å². The lowest BCUT2D eigenvalue weighted by molar-refractivity contribution is 0.261. The van der Waals surface area contributed by atoms with Crippen molar-refractivity contribution in [2.24, 2.45) is 0 Å². The predicted octanol–water partition coefficient (Wildman–Crippen LogP) is 2.95. The summed E-state index contributed by atoms with van der Waals surface area (Å²) in [4.78, 5) is 0. The van der Waals surface area contributed by atoms with Gasteiger partial charge in [0, 0.05) is 26.0 Å². The van der Waals surface area contributed by atoms with Crippen LogP contribution in [0.25, 0.3) is 0 Å². The zero-order valence-electron chi connectivity index (χ0n) is 28.1. The Hall–Kier alpha value is -0.130.